The van der Waals surface area contributed by atoms with Crippen molar-refractivity contribution in [1.82, 2.24) is 0 Å². The summed E-state index contributed by atoms with van der Waals surface area (Å²) in [6.07, 6.45) is 3.96. The van der Waals surface area contributed by atoms with Gasteiger partial charge >= 0.3 is 0 Å². The van der Waals surface area contributed by atoms with Crippen molar-refractivity contribution in [1.29, 1.82) is 5.26 Å². The number of benzene rings is 1. The topological polar surface area (TPSA) is 51.5 Å². The minimum atomic E-state index is -0.410. The third kappa shape index (κ3) is 2.21. The number of nitriles is 1. The number of methoxy groups -OCH3 is 3. The molecular formula is C15H19NO3. The van der Waals surface area contributed by atoms with Crippen LogP contribution < -0.4 is 14.2 Å². The van der Waals surface area contributed by atoms with Gasteiger partial charge in [-0.25, -0.2) is 0 Å². The summed E-state index contributed by atoms with van der Waals surface area (Å²) >= 11 is 0. The van der Waals surface area contributed by atoms with Crippen LogP contribution in [0.4, 0.5) is 0 Å². The second kappa shape index (κ2) is 5.40. The van der Waals surface area contributed by atoms with Crippen molar-refractivity contribution in [3.05, 3.63) is 17.7 Å². The Morgan fingerprint density at radius 1 is 1.00 bits per heavy atom. The number of ether oxygens (including phenoxy) is 3. The van der Waals surface area contributed by atoms with Crippen LogP contribution in [0.5, 0.6) is 17.2 Å². The molecule has 1 aromatic carbocycles. The first-order valence-electron chi connectivity index (χ1n) is 6.42. The van der Waals surface area contributed by atoms with Crippen molar-refractivity contribution < 1.29 is 14.2 Å². The van der Waals surface area contributed by atoms with E-state index in [9.17, 15) is 5.26 Å². The van der Waals surface area contributed by atoms with Gasteiger partial charge in [0.05, 0.1) is 32.8 Å². The predicted molar refractivity (Wildman–Crippen MR) is 71.9 cm³/mol. The van der Waals surface area contributed by atoms with Gasteiger partial charge in [-0.15, -0.1) is 0 Å². The first-order chi connectivity index (χ1) is 9.20. The highest BCUT2D eigenvalue weighted by Crippen LogP contribution is 2.46. The SMILES string of the molecule is COc1cc(C2(C#N)CCCC2)cc(OC)c1OC. The van der Waals surface area contributed by atoms with E-state index in [4.69, 9.17) is 14.2 Å². The Morgan fingerprint density at radius 2 is 1.53 bits per heavy atom. The smallest absolute Gasteiger partial charge is 0.203 e. The van der Waals surface area contributed by atoms with Crippen molar-refractivity contribution in [2.24, 2.45) is 0 Å². The summed E-state index contributed by atoms with van der Waals surface area (Å²) in [5, 5.41) is 9.56. The van der Waals surface area contributed by atoms with Crippen LogP contribution in [-0.4, -0.2) is 21.3 Å². The Kier molecular flexibility index (Phi) is 3.84. The summed E-state index contributed by atoms with van der Waals surface area (Å²) in [6.45, 7) is 0. The average molecular weight is 261 g/mol. The van der Waals surface area contributed by atoms with Crippen molar-refractivity contribution >= 4 is 0 Å². The monoisotopic (exact) mass is 261 g/mol. The fourth-order valence-corrected chi connectivity index (χ4v) is 2.80. The van der Waals surface area contributed by atoms with E-state index in [2.05, 4.69) is 6.07 Å². The molecular weight excluding hydrogens is 242 g/mol. The third-order valence-electron chi connectivity index (χ3n) is 3.89. The summed E-state index contributed by atoms with van der Waals surface area (Å²) in [7, 11) is 4.76. The number of rotatable bonds is 4. The van der Waals surface area contributed by atoms with E-state index in [0.29, 0.717) is 17.2 Å². The van der Waals surface area contributed by atoms with E-state index in [-0.39, 0.29) is 0 Å². The lowest BCUT2D eigenvalue weighted by Gasteiger charge is -2.23. The summed E-state index contributed by atoms with van der Waals surface area (Å²) in [6, 6.07) is 6.28. The lowest BCUT2D eigenvalue weighted by molar-refractivity contribution is 0.322. The van der Waals surface area contributed by atoms with Gasteiger partial charge in [-0.1, -0.05) is 12.8 Å². The fraction of sp³-hybridized carbons (Fsp3) is 0.533. The standard InChI is InChI=1S/C15H19NO3/c1-17-12-8-11(9-13(18-2)14(12)19-3)15(10-16)6-4-5-7-15/h8-9H,4-7H2,1-3H3. The second-order valence-electron chi connectivity index (χ2n) is 4.82. The normalized spacial score (nSPS) is 16.7. The van der Waals surface area contributed by atoms with Gasteiger partial charge in [0.1, 0.15) is 0 Å². The zero-order chi connectivity index (χ0) is 13.9. The molecule has 102 valence electrons. The molecule has 0 aliphatic heterocycles. The van der Waals surface area contributed by atoms with E-state index >= 15 is 0 Å². The molecule has 2 rings (SSSR count). The molecule has 0 radical (unpaired) electrons. The molecule has 0 heterocycles. The van der Waals surface area contributed by atoms with E-state index in [0.717, 1.165) is 31.2 Å². The molecule has 0 spiro atoms. The van der Waals surface area contributed by atoms with Gasteiger partial charge in [0.25, 0.3) is 0 Å². The minimum Gasteiger partial charge on any atom is -0.493 e. The van der Waals surface area contributed by atoms with Gasteiger partial charge in [-0.3, -0.25) is 0 Å². The molecule has 4 nitrogen and oxygen atoms in total. The van der Waals surface area contributed by atoms with Crippen LogP contribution in [0.25, 0.3) is 0 Å². The highest BCUT2D eigenvalue weighted by Gasteiger charge is 2.37. The zero-order valence-electron chi connectivity index (χ0n) is 11.7. The zero-order valence-corrected chi connectivity index (χ0v) is 11.7. The lowest BCUT2D eigenvalue weighted by Crippen LogP contribution is -2.19. The van der Waals surface area contributed by atoms with Crippen molar-refractivity contribution in [3.63, 3.8) is 0 Å². The first-order valence-corrected chi connectivity index (χ1v) is 6.42. The molecule has 0 aromatic heterocycles. The van der Waals surface area contributed by atoms with Crippen LogP contribution in [-0.2, 0) is 5.41 Å². The van der Waals surface area contributed by atoms with Gasteiger partial charge < -0.3 is 14.2 Å². The maximum Gasteiger partial charge on any atom is 0.203 e. The molecule has 19 heavy (non-hydrogen) atoms. The predicted octanol–water partition coefficient (Wildman–Crippen LogP) is 3.05. The molecule has 0 saturated heterocycles. The molecule has 1 fully saturated rings. The van der Waals surface area contributed by atoms with Crippen molar-refractivity contribution in [2.45, 2.75) is 31.1 Å². The highest BCUT2D eigenvalue weighted by molar-refractivity contribution is 5.56. The second-order valence-corrected chi connectivity index (χ2v) is 4.82. The van der Waals surface area contributed by atoms with Crippen molar-refractivity contribution in [2.75, 3.05) is 21.3 Å². The van der Waals surface area contributed by atoms with Gasteiger partial charge in [0.2, 0.25) is 5.75 Å². The molecule has 1 aromatic rings. The summed E-state index contributed by atoms with van der Waals surface area (Å²) in [5.41, 5.74) is 0.550. The quantitative estimate of drug-likeness (QED) is 0.836. The molecule has 0 amide bonds. The maximum atomic E-state index is 9.56. The highest BCUT2D eigenvalue weighted by atomic mass is 16.5. The Labute approximate surface area is 113 Å². The molecule has 0 atom stereocenters. The van der Waals surface area contributed by atoms with Crippen LogP contribution >= 0.6 is 0 Å². The van der Waals surface area contributed by atoms with Crippen LogP contribution in [0, 0.1) is 11.3 Å². The number of nitrogens with zero attached hydrogens (tertiary/aromatic N) is 1. The van der Waals surface area contributed by atoms with Crippen LogP contribution in [0.15, 0.2) is 12.1 Å². The molecule has 0 N–H and O–H groups in total. The largest absolute Gasteiger partial charge is 0.493 e. The maximum absolute atomic E-state index is 9.56. The average Bonchev–Trinajstić information content (AvgIpc) is 2.95. The minimum absolute atomic E-state index is 0.410. The molecule has 0 unspecified atom stereocenters. The van der Waals surface area contributed by atoms with Crippen molar-refractivity contribution in [3.8, 4) is 23.3 Å². The van der Waals surface area contributed by atoms with Crippen LogP contribution in [0.2, 0.25) is 0 Å². The molecule has 1 saturated carbocycles. The number of hydrogen-bond donors (Lipinski definition) is 0. The summed E-state index contributed by atoms with van der Waals surface area (Å²) in [4.78, 5) is 0. The van der Waals surface area contributed by atoms with Gasteiger partial charge in [0, 0.05) is 0 Å². The van der Waals surface area contributed by atoms with Crippen LogP contribution in [0.1, 0.15) is 31.2 Å². The number of hydrogen-bond acceptors (Lipinski definition) is 4. The van der Waals surface area contributed by atoms with Gasteiger partial charge in [0.15, 0.2) is 11.5 Å². The van der Waals surface area contributed by atoms with E-state index in [1.54, 1.807) is 21.3 Å². The van der Waals surface area contributed by atoms with Gasteiger partial charge in [-0.2, -0.15) is 5.26 Å². The summed E-state index contributed by atoms with van der Waals surface area (Å²) in [5.74, 6) is 1.79. The van der Waals surface area contributed by atoms with E-state index < -0.39 is 5.41 Å². The van der Waals surface area contributed by atoms with Crippen LogP contribution in [0.3, 0.4) is 0 Å². The molecule has 1 aliphatic rings. The Bertz CT molecular complexity index is 474. The Morgan fingerprint density at radius 3 is 1.89 bits per heavy atom. The summed E-state index contributed by atoms with van der Waals surface area (Å²) < 4.78 is 16.0. The molecule has 4 heteroatoms. The first kappa shape index (κ1) is 13.5. The molecule has 1 aliphatic carbocycles. The lowest BCUT2D eigenvalue weighted by atomic mass is 9.80. The fourth-order valence-electron chi connectivity index (χ4n) is 2.80. The Balaban J connectivity index is 2.56. The van der Waals surface area contributed by atoms with Gasteiger partial charge in [-0.05, 0) is 30.5 Å². The van der Waals surface area contributed by atoms with E-state index in [1.165, 1.54) is 0 Å². The van der Waals surface area contributed by atoms with E-state index in [1.807, 2.05) is 12.1 Å². The third-order valence-corrected chi connectivity index (χ3v) is 3.89. The Hall–Kier alpha value is -1.89. The molecule has 0 bridgehead atoms.